The average molecular weight is 365 g/mol. The highest BCUT2D eigenvalue weighted by molar-refractivity contribution is 9.10. The van der Waals surface area contributed by atoms with Gasteiger partial charge in [-0.2, -0.15) is 0 Å². The lowest BCUT2D eigenvalue weighted by Crippen LogP contribution is -2.43. The minimum absolute atomic E-state index is 0.332. The van der Waals surface area contributed by atoms with E-state index in [0.29, 0.717) is 10.9 Å². The molecule has 0 amide bonds. The largest absolute Gasteiger partial charge is 0.289 e. The molecule has 6 nitrogen and oxygen atoms in total. The van der Waals surface area contributed by atoms with Crippen molar-refractivity contribution in [3.63, 3.8) is 0 Å². The van der Waals surface area contributed by atoms with Crippen LogP contribution in [-0.4, -0.2) is 18.9 Å². The van der Waals surface area contributed by atoms with Gasteiger partial charge < -0.3 is 0 Å². The second-order valence-electron chi connectivity index (χ2n) is 5.11. The highest BCUT2D eigenvalue weighted by atomic mass is 79.9. The Bertz CT molecular complexity index is 614. The minimum Gasteiger partial charge on any atom is -0.258 e. The van der Waals surface area contributed by atoms with Gasteiger partial charge in [-0.25, -0.2) is 13.1 Å². The van der Waals surface area contributed by atoms with Crippen molar-refractivity contribution in [1.29, 1.82) is 0 Å². The van der Waals surface area contributed by atoms with Gasteiger partial charge in [0.1, 0.15) is 0 Å². The molecule has 0 spiro atoms. The molecule has 0 aromatic heterocycles. The highest BCUT2D eigenvalue weighted by Crippen LogP contribution is 2.28. The maximum atomic E-state index is 12.4. The number of hydrogen-bond donors (Lipinski definition) is 1. The van der Waals surface area contributed by atoms with Crippen LogP contribution in [0.5, 0.6) is 0 Å². The normalized spacial score (nSPS) is 12.4. The second kappa shape index (κ2) is 6.19. The maximum Gasteiger partial charge on any atom is 0.289 e. The van der Waals surface area contributed by atoms with Gasteiger partial charge in [0.15, 0.2) is 4.90 Å². The molecule has 0 aliphatic rings. The fraction of sp³-hybridized carbons (Fsp3) is 0.500. The van der Waals surface area contributed by atoms with E-state index in [1.807, 2.05) is 6.92 Å². The quantitative estimate of drug-likeness (QED) is 0.619. The highest BCUT2D eigenvalue weighted by Gasteiger charge is 2.31. The molecule has 0 saturated carbocycles. The zero-order valence-corrected chi connectivity index (χ0v) is 13.9. The van der Waals surface area contributed by atoms with Crippen molar-refractivity contribution in [3.8, 4) is 0 Å². The first-order valence-electron chi connectivity index (χ1n) is 6.07. The van der Waals surface area contributed by atoms with Gasteiger partial charge in [-0.15, -0.1) is 0 Å². The standard InChI is InChI=1S/C12H17BrN2O4S/c1-4-7-12(2,3)14-20(18,19)11-8-9(13)5-6-10(11)15(16)17/h5-6,8,14H,4,7H2,1-3H3. The van der Waals surface area contributed by atoms with Crippen molar-refractivity contribution < 1.29 is 13.3 Å². The summed E-state index contributed by atoms with van der Waals surface area (Å²) in [5.41, 5.74) is -1.10. The van der Waals surface area contributed by atoms with Gasteiger partial charge in [0.05, 0.1) is 4.92 Å². The molecule has 1 aromatic rings. The Kier molecular flexibility index (Phi) is 5.28. The smallest absolute Gasteiger partial charge is 0.258 e. The summed E-state index contributed by atoms with van der Waals surface area (Å²) in [6.07, 6.45) is 1.43. The van der Waals surface area contributed by atoms with Gasteiger partial charge in [-0.3, -0.25) is 10.1 Å². The third-order valence-corrected chi connectivity index (χ3v) is 4.91. The van der Waals surface area contributed by atoms with Gasteiger partial charge >= 0.3 is 0 Å². The first-order valence-corrected chi connectivity index (χ1v) is 8.34. The molecule has 20 heavy (non-hydrogen) atoms. The number of hydrogen-bond acceptors (Lipinski definition) is 4. The lowest BCUT2D eigenvalue weighted by Gasteiger charge is -2.25. The number of nitro groups is 1. The van der Waals surface area contributed by atoms with E-state index < -0.39 is 26.2 Å². The van der Waals surface area contributed by atoms with Crippen molar-refractivity contribution in [1.82, 2.24) is 4.72 Å². The van der Waals surface area contributed by atoms with Crippen LogP contribution in [0.15, 0.2) is 27.6 Å². The molecule has 112 valence electrons. The number of sulfonamides is 1. The van der Waals surface area contributed by atoms with Crippen LogP contribution >= 0.6 is 15.9 Å². The lowest BCUT2D eigenvalue weighted by atomic mass is 10.0. The third kappa shape index (κ3) is 4.26. The Hall–Kier alpha value is -0.990. The Morgan fingerprint density at radius 2 is 2.00 bits per heavy atom. The van der Waals surface area contributed by atoms with Crippen LogP contribution in [0.25, 0.3) is 0 Å². The predicted octanol–water partition coefficient (Wildman–Crippen LogP) is 3.21. The zero-order valence-electron chi connectivity index (χ0n) is 11.5. The lowest BCUT2D eigenvalue weighted by molar-refractivity contribution is -0.387. The summed E-state index contributed by atoms with van der Waals surface area (Å²) >= 11 is 3.13. The van der Waals surface area contributed by atoms with Gasteiger partial charge in [-0.05, 0) is 32.4 Å². The van der Waals surface area contributed by atoms with Crippen LogP contribution in [-0.2, 0) is 10.0 Å². The maximum absolute atomic E-state index is 12.4. The van der Waals surface area contributed by atoms with Crippen molar-refractivity contribution in [2.45, 2.75) is 44.0 Å². The number of nitrogens with one attached hydrogen (secondary N) is 1. The Labute approximate surface area is 126 Å². The summed E-state index contributed by atoms with van der Waals surface area (Å²) in [4.78, 5) is 9.94. The van der Waals surface area contributed by atoms with Crippen LogP contribution in [0.4, 0.5) is 5.69 Å². The van der Waals surface area contributed by atoms with E-state index in [-0.39, 0.29) is 4.90 Å². The monoisotopic (exact) mass is 364 g/mol. The van der Waals surface area contributed by atoms with E-state index in [0.717, 1.165) is 6.42 Å². The predicted molar refractivity (Wildman–Crippen MR) is 80.1 cm³/mol. The molecule has 0 unspecified atom stereocenters. The van der Waals surface area contributed by atoms with E-state index in [2.05, 4.69) is 20.7 Å². The topological polar surface area (TPSA) is 89.3 Å². The molecule has 0 aliphatic carbocycles. The molecule has 1 aromatic carbocycles. The number of nitrogens with zero attached hydrogens (tertiary/aromatic N) is 1. The molecule has 8 heteroatoms. The Morgan fingerprint density at radius 3 is 2.50 bits per heavy atom. The van der Waals surface area contributed by atoms with Gasteiger partial charge in [0.25, 0.3) is 5.69 Å². The molecule has 1 N–H and O–H groups in total. The molecular formula is C12H17BrN2O4S. The number of nitro benzene ring substituents is 1. The van der Waals surface area contributed by atoms with Gasteiger partial charge in [0.2, 0.25) is 10.0 Å². The van der Waals surface area contributed by atoms with Crippen LogP contribution in [0.2, 0.25) is 0 Å². The molecule has 0 aliphatic heterocycles. The first kappa shape index (κ1) is 17.1. The van der Waals surface area contributed by atoms with E-state index in [4.69, 9.17) is 0 Å². The van der Waals surface area contributed by atoms with Crippen LogP contribution in [0, 0.1) is 10.1 Å². The summed E-state index contributed by atoms with van der Waals surface area (Å²) in [5.74, 6) is 0. The molecule has 1 rings (SSSR count). The fourth-order valence-corrected chi connectivity index (χ4v) is 4.10. The summed E-state index contributed by atoms with van der Waals surface area (Å²) in [5, 5.41) is 11.0. The molecule has 0 bridgehead atoms. The molecular weight excluding hydrogens is 348 g/mol. The number of benzene rings is 1. The van der Waals surface area contributed by atoms with Crippen LogP contribution in [0.1, 0.15) is 33.6 Å². The third-order valence-electron chi connectivity index (χ3n) is 2.69. The summed E-state index contributed by atoms with van der Waals surface area (Å²) < 4.78 is 27.7. The van der Waals surface area contributed by atoms with E-state index >= 15 is 0 Å². The number of halogens is 1. The molecule has 0 fully saturated rings. The Balaban J connectivity index is 3.28. The molecule has 0 saturated heterocycles. The van der Waals surface area contributed by atoms with Crippen molar-refractivity contribution in [2.75, 3.05) is 0 Å². The van der Waals surface area contributed by atoms with E-state index in [1.165, 1.54) is 18.2 Å². The first-order chi connectivity index (χ1) is 9.09. The number of rotatable bonds is 6. The Morgan fingerprint density at radius 1 is 1.40 bits per heavy atom. The molecule has 0 heterocycles. The zero-order chi connectivity index (χ0) is 15.6. The van der Waals surface area contributed by atoms with Crippen molar-refractivity contribution in [3.05, 3.63) is 32.8 Å². The summed E-state index contributed by atoms with van der Waals surface area (Å²) in [7, 11) is -3.96. The van der Waals surface area contributed by atoms with Crippen molar-refractivity contribution in [2.24, 2.45) is 0 Å². The van der Waals surface area contributed by atoms with E-state index in [9.17, 15) is 18.5 Å². The van der Waals surface area contributed by atoms with Gasteiger partial charge in [0, 0.05) is 16.1 Å². The fourth-order valence-electron chi connectivity index (χ4n) is 1.95. The summed E-state index contributed by atoms with van der Waals surface area (Å²) in [6, 6.07) is 3.85. The molecule has 0 atom stereocenters. The van der Waals surface area contributed by atoms with Crippen LogP contribution in [0.3, 0.4) is 0 Å². The second-order valence-corrected chi connectivity index (χ2v) is 7.68. The van der Waals surface area contributed by atoms with E-state index in [1.54, 1.807) is 13.8 Å². The summed E-state index contributed by atoms with van der Waals surface area (Å²) in [6.45, 7) is 5.44. The average Bonchev–Trinajstić information content (AvgIpc) is 2.26. The van der Waals surface area contributed by atoms with Gasteiger partial charge in [-0.1, -0.05) is 29.3 Å². The van der Waals surface area contributed by atoms with Crippen LogP contribution < -0.4 is 4.72 Å². The minimum atomic E-state index is -3.96. The SMILES string of the molecule is CCCC(C)(C)NS(=O)(=O)c1cc(Br)ccc1[N+](=O)[O-]. The van der Waals surface area contributed by atoms with Crippen molar-refractivity contribution >= 4 is 31.6 Å². The molecule has 0 radical (unpaired) electrons.